The Morgan fingerprint density at radius 1 is 1.50 bits per heavy atom. The molecule has 1 aromatic carbocycles. The van der Waals surface area contributed by atoms with Gasteiger partial charge in [-0.3, -0.25) is 4.79 Å². The lowest BCUT2D eigenvalue weighted by molar-refractivity contribution is -0.123. The maximum absolute atomic E-state index is 12.0. The van der Waals surface area contributed by atoms with E-state index in [2.05, 4.69) is 10.6 Å². The Balaban J connectivity index is 1.92. The minimum Gasteiger partial charge on any atom is -0.491 e. The smallest absolute Gasteiger partial charge is 0.237 e. The molecule has 0 bridgehead atoms. The van der Waals surface area contributed by atoms with Crippen molar-refractivity contribution in [3.05, 3.63) is 29.8 Å². The van der Waals surface area contributed by atoms with E-state index >= 15 is 0 Å². The molecule has 0 saturated carbocycles. The van der Waals surface area contributed by atoms with Gasteiger partial charge >= 0.3 is 0 Å². The van der Waals surface area contributed by atoms with Crippen molar-refractivity contribution in [3.63, 3.8) is 0 Å². The van der Waals surface area contributed by atoms with Crippen molar-refractivity contribution in [1.29, 1.82) is 0 Å². The Labute approximate surface area is 119 Å². The maximum Gasteiger partial charge on any atom is 0.237 e. The van der Waals surface area contributed by atoms with Crippen LogP contribution in [0.1, 0.15) is 25.8 Å². The highest BCUT2D eigenvalue weighted by atomic mass is 16.5. The SMILES string of the molecule is CC(C)Oc1ccccc1CNC(=O)[C@H]1C[C@H](O)CN1. The molecule has 5 heteroatoms. The molecule has 0 aromatic heterocycles. The summed E-state index contributed by atoms with van der Waals surface area (Å²) in [6.07, 6.45) is 0.136. The number of hydrogen-bond donors (Lipinski definition) is 3. The van der Waals surface area contributed by atoms with Crippen LogP contribution in [-0.2, 0) is 11.3 Å². The predicted octanol–water partition coefficient (Wildman–Crippen LogP) is 0.813. The summed E-state index contributed by atoms with van der Waals surface area (Å²) in [6, 6.07) is 7.38. The molecule has 0 unspecified atom stereocenters. The van der Waals surface area contributed by atoms with Gasteiger partial charge in [0.1, 0.15) is 5.75 Å². The zero-order valence-corrected chi connectivity index (χ0v) is 11.9. The van der Waals surface area contributed by atoms with E-state index in [0.717, 1.165) is 11.3 Å². The van der Waals surface area contributed by atoms with Gasteiger partial charge in [0, 0.05) is 18.7 Å². The summed E-state index contributed by atoms with van der Waals surface area (Å²) in [4.78, 5) is 12.0. The summed E-state index contributed by atoms with van der Waals surface area (Å²) >= 11 is 0. The zero-order valence-electron chi connectivity index (χ0n) is 11.9. The van der Waals surface area contributed by atoms with E-state index in [4.69, 9.17) is 4.74 Å². The number of para-hydroxylation sites is 1. The first-order valence-electron chi connectivity index (χ1n) is 7.00. The Kier molecular flexibility index (Phi) is 4.98. The molecule has 0 radical (unpaired) electrons. The van der Waals surface area contributed by atoms with Gasteiger partial charge in [-0.2, -0.15) is 0 Å². The first-order chi connectivity index (χ1) is 9.56. The van der Waals surface area contributed by atoms with Gasteiger partial charge < -0.3 is 20.5 Å². The Hall–Kier alpha value is -1.59. The van der Waals surface area contributed by atoms with E-state index in [0.29, 0.717) is 19.5 Å². The van der Waals surface area contributed by atoms with Crippen LogP contribution in [0.25, 0.3) is 0 Å². The second kappa shape index (κ2) is 6.72. The van der Waals surface area contributed by atoms with Gasteiger partial charge in [-0.25, -0.2) is 0 Å². The van der Waals surface area contributed by atoms with Gasteiger partial charge in [-0.1, -0.05) is 18.2 Å². The van der Waals surface area contributed by atoms with E-state index in [9.17, 15) is 9.90 Å². The van der Waals surface area contributed by atoms with Gasteiger partial charge in [-0.15, -0.1) is 0 Å². The van der Waals surface area contributed by atoms with Gasteiger partial charge in [0.2, 0.25) is 5.91 Å². The number of carbonyl (C=O) groups excluding carboxylic acids is 1. The average molecular weight is 278 g/mol. The topological polar surface area (TPSA) is 70.6 Å². The minimum atomic E-state index is -0.428. The summed E-state index contributed by atoms with van der Waals surface area (Å²) in [5, 5.41) is 15.3. The van der Waals surface area contributed by atoms with Crippen molar-refractivity contribution >= 4 is 5.91 Å². The van der Waals surface area contributed by atoms with E-state index in [1.807, 2.05) is 38.1 Å². The molecule has 0 aliphatic carbocycles. The molecule has 110 valence electrons. The number of aliphatic hydroxyl groups is 1. The number of ether oxygens (including phenoxy) is 1. The molecule has 1 fully saturated rings. The number of rotatable bonds is 5. The molecule has 3 N–H and O–H groups in total. The maximum atomic E-state index is 12.0. The molecule has 2 rings (SSSR count). The molecule has 0 spiro atoms. The highest BCUT2D eigenvalue weighted by molar-refractivity contribution is 5.82. The van der Waals surface area contributed by atoms with Crippen LogP contribution in [-0.4, -0.2) is 35.8 Å². The lowest BCUT2D eigenvalue weighted by atomic mass is 10.1. The van der Waals surface area contributed by atoms with Crippen LogP contribution in [0.2, 0.25) is 0 Å². The quantitative estimate of drug-likeness (QED) is 0.745. The summed E-state index contributed by atoms with van der Waals surface area (Å²) < 4.78 is 5.71. The van der Waals surface area contributed by atoms with Gasteiger partial charge in [-0.05, 0) is 26.3 Å². The van der Waals surface area contributed by atoms with Crippen molar-refractivity contribution in [2.75, 3.05) is 6.54 Å². The number of amides is 1. The molecule has 1 saturated heterocycles. The molecular formula is C15H22N2O3. The summed E-state index contributed by atoms with van der Waals surface area (Å²) in [6.45, 7) is 4.85. The Morgan fingerprint density at radius 2 is 2.25 bits per heavy atom. The van der Waals surface area contributed by atoms with E-state index in [-0.39, 0.29) is 18.1 Å². The first kappa shape index (κ1) is 14.8. The van der Waals surface area contributed by atoms with Crippen LogP contribution < -0.4 is 15.4 Å². The minimum absolute atomic E-state index is 0.0825. The van der Waals surface area contributed by atoms with E-state index in [1.54, 1.807) is 0 Å². The Bertz CT molecular complexity index is 462. The third kappa shape index (κ3) is 3.95. The van der Waals surface area contributed by atoms with Crippen molar-refractivity contribution in [2.24, 2.45) is 0 Å². The standard InChI is InChI=1S/C15H22N2O3/c1-10(2)20-14-6-4-3-5-11(14)8-17-15(19)13-7-12(18)9-16-13/h3-6,10,12-13,16,18H,7-9H2,1-2H3,(H,17,19)/t12-,13+/m0/s1. The van der Waals surface area contributed by atoms with E-state index in [1.165, 1.54) is 0 Å². The first-order valence-corrected chi connectivity index (χ1v) is 7.00. The summed E-state index contributed by atoms with van der Waals surface area (Å²) in [5.41, 5.74) is 0.952. The van der Waals surface area contributed by atoms with Crippen LogP contribution in [0.4, 0.5) is 0 Å². The highest BCUT2D eigenvalue weighted by Gasteiger charge is 2.27. The number of hydrogen-bond acceptors (Lipinski definition) is 4. The molecule has 1 aliphatic rings. The molecular weight excluding hydrogens is 256 g/mol. The molecule has 2 atom stereocenters. The number of nitrogens with one attached hydrogen (secondary N) is 2. The molecule has 1 amide bonds. The predicted molar refractivity (Wildman–Crippen MR) is 76.5 cm³/mol. The third-order valence-electron chi connectivity index (χ3n) is 3.21. The normalized spacial score (nSPS) is 22.0. The van der Waals surface area contributed by atoms with E-state index < -0.39 is 6.10 Å². The second-order valence-corrected chi connectivity index (χ2v) is 5.34. The molecule has 1 heterocycles. The summed E-state index contributed by atoms with van der Waals surface area (Å²) in [5.74, 6) is 0.711. The number of carbonyl (C=O) groups is 1. The monoisotopic (exact) mass is 278 g/mol. The summed E-state index contributed by atoms with van der Waals surface area (Å²) in [7, 11) is 0. The average Bonchev–Trinajstić information content (AvgIpc) is 2.83. The lowest BCUT2D eigenvalue weighted by Gasteiger charge is -2.16. The van der Waals surface area contributed by atoms with Crippen LogP contribution in [0.5, 0.6) is 5.75 Å². The van der Waals surface area contributed by atoms with Crippen LogP contribution in [0.15, 0.2) is 24.3 Å². The number of benzene rings is 1. The molecule has 1 aliphatic heterocycles. The van der Waals surface area contributed by atoms with Crippen LogP contribution in [0, 0.1) is 0 Å². The largest absolute Gasteiger partial charge is 0.491 e. The number of aliphatic hydroxyl groups excluding tert-OH is 1. The van der Waals surface area contributed by atoms with Crippen LogP contribution in [0.3, 0.4) is 0 Å². The van der Waals surface area contributed by atoms with Crippen molar-refractivity contribution < 1.29 is 14.6 Å². The van der Waals surface area contributed by atoms with Gasteiger partial charge in [0.15, 0.2) is 0 Å². The Morgan fingerprint density at radius 3 is 2.90 bits per heavy atom. The fourth-order valence-corrected chi connectivity index (χ4v) is 2.24. The fourth-order valence-electron chi connectivity index (χ4n) is 2.24. The molecule has 20 heavy (non-hydrogen) atoms. The van der Waals surface area contributed by atoms with Gasteiger partial charge in [0.05, 0.1) is 18.2 Å². The number of β-amino-alcohol motifs (C(OH)–C–C–N with tert-alkyl or cyclic N) is 1. The van der Waals surface area contributed by atoms with Crippen LogP contribution >= 0.6 is 0 Å². The third-order valence-corrected chi connectivity index (χ3v) is 3.21. The second-order valence-electron chi connectivity index (χ2n) is 5.34. The molecule has 5 nitrogen and oxygen atoms in total. The lowest BCUT2D eigenvalue weighted by Crippen LogP contribution is -2.40. The van der Waals surface area contributed by atoms with Gasteiger partial charge in [0.25, 0.3) is 0 Å². The van der Waals surface area contributed by atoms with Crippen molar-refractivity contribution in [3.8, 4) is 5.75 Å². The zero-order chi connectivity index (χ0) is 14.5. The van der Waals surface area contributed by atoms with Crippen molar-refractivity contribution in [1.82, 2.24) is 10.6 Å². The fraction of sp³-hybridized carbons (Fsp3) is 0.533. The molecule has 1 aromatic rings. The van der Waals surface area contributed by atoms with Crippen molar-refractivity contribution in [2.45, 2.75) is 45.1 Å². The highest BCUT2D eigenvalue weighted by Crippen LogP contribution is 2.19.